The van der Waals surface area contributed by atoms with E-state index in [9.17, 15) is 5.11 Å². The van der Waals surface area contributed by atoms with Gasteiger partial charge in [-0.1, -0.05) is 111 Å². The van der Waals surface area contributed by atoms with Crippen LogP contribution in [-0.4, -0.2) is 24.8 Å². The van der Waals surface area contributed by atoms with Gasteiger partial charge in [0.15, 0.2) is 0 Å². The van der Waals surface area contributed by atoms with E-state index >= 15 is 0 Å². The number of rotatable bonds is 6. The molecule has 2 aliphatic carbocycles. The summed E-state index contributed by atoms with van der Waals surface area (Å²) in [5, 5.41) is 16.6. The SMILES string of the molecule is C[Si](C)(C)[C@@H]([N-]c1ccccc1)C1(O)O[C@H](c2ccccc2)[C@@H](c2ccccc2)O1.[CH]1[CH][CH][CH][CH]1.[CH]1[CH][CH][CH][CH]1.[Zr+3]. The number of para-hydroxylation sites is 1. The zero-order valence-corrected chi connectivity index (χ0v) is 27.3. The molecule has 41 heavy (non-hydrogen) atoms. The molecule has 1 aliphatic heterocycles. The predicted octanol–water partition coefficient (Wildman–Crippen LogP) is 8.15. The first kappa shape index (κ1) is 33.9. The Labute approximate surface area is 268 Å². The van der Waals surface area contributed by atoms with E-state index in [2.05, 4.69) is 19.6 Å². The van der Waals surface area contributed by atoms with Gasteiger partial charge in [0.25, 0.3) is 5.97 Å². The van der Waals surface area contributed by atoms with E-state index in [0.29, 0.717) is 0 Å². The van der Waals surface area contributed by atoms with Gasteiger partial charge in [-0.2, -0.15) is 0 Å². The summed E-state index contributed by atoms with van der Waals surface area (Å²) >= 11 is 0. The molecule has 6 rings (SSSR count). The molecule has 0 aromatic heterocycles. The molecule has 1 N–H and O–H groups in total. The molecule has 3 atom stereocenters. The average molecular weight is 640 g/mol. The first-order valence-electron chi connectivity index (χ1n) is 13.6. The van der Waals surface area contributed by atoms with Gasteiger partial charge in [0.1, 0.15) is 12.2 Å². The minimum atomic E-state index is -2.03. The Morgan fingerprint density at radius 2 is 0.902 bits per heavy atom. The van der Waals surface area contributed by atoms with Crippen LogP contribution in [0.2, 0.25) is 19.6 Å². The Kier molecular flexibility index (Phi) is 14.0. The molecule has 3 fully saturated rings. The molecule has 207 valence electrons. The summed E-state index contributed by atoms with van der Waals surface area (Å²) in [6, 6.07) is 29.6. The summed E-state index contributed by atoms with van der Waals surface area (Å²) in [5.41, 5.74) is 2.25. The summed E-state index contributed by atoms with van der Waals surface area (Å²) < 4.78 is 12.7. The van der Waals surface area contributed by atoms with Crippen LogP contribution in [0.4, 0.5) is 5.69 Å². The molecule has 1 saturated heterocycles. The maximum Gasteiger partial charge on any atom is 3.00 e. The summed E-state index contributed by atoms with van der Waals surface area (Å²) in [7, 11) is -2.03. The fourth-order valence-corrected chi connectivity index (χ4v) is 6.31. The quantitative estimate of drug-likeness (QED) is 0.277. The van der Waals surface area contributed by atoms with Gasteiger partial charge in [0.05, 0.1) is 0 Å². The fourth-order valence-electron chi connectivity index (χ4n) is 4.54. The summed E-state index contributed by atoms with van der Waals surface area (Å²) in [6.07, 6.45) is 19.1. The van der Waals surface area contributed by atoms with Crippen LogP contribution >= 0.6 is 0 Å². The van der Waals surface area contributed by atoms with Crippen molar-refractivity contribution in [1.29, 1.82) is 0 Å². The molecular weight excluding hydrogens is 602 g/mol. The Hall–Kier alpha value is -1.56. The third kappa shape index (κ3) is 10.3. The monoisotopic (exact) mass is 638 g/mol. The molecular formula is C35H38NO3SiZr+2. The van der Waals surface area contributed by atoms with Gasteiger partial charge < -0.3 is 19.9 Å². The zero-order valence-electron chi connectivity index (χ0n) is 23.9. The molecule has 0 spiro atoms. The van der Waals surface area contributed by atoms with Gasteiger partial charge in [0, 0.05) is 8.07 Å². The minimum Gasteiger partial charge on any atom is -0.678 e. The molecule has 11 radical (unpaired) electrons. The van der Waals surface area contributed by atoms with Crippen LogP contribution in [0, 0.1) is 64.2 Å². The molecule has 4 nitrogen and oxygen atoms in total. The number of hydrogen-bond acceptors (Lipinski definition) is 3. The van der Waals surface area contributed by atoms with Gasteiger partial charge in [-0.25, -0.2) is 0 Å². The summed E-state index contributed by atoms with van der Waals surface area (Å²) in [4.78, 5) is 0. The van der Waals surface area contributed by atoms with Crippen molar-refractivity contribution in [1.82, 2.24) is 0 Å². The number of benzene rings is 3. The van der Waals surface area contributed by atoms with E-state index in [1.165, 1.54) is 0 Å². The second kappa shape index (κ2) is 16.9. The van der Waals surface area contributed by atoms with Gasteiger partial charge in [-0.15, -0.1) is 5.69 Å². The Morgan fingerprint density at radius 3 is 1.22 bits per heavy atom. The third-order valence-corrected chi connectivity index (χ3v) is 8.57. The van der Waals surface area contributed by atoms with Crippen molar-refractivity contribution >= 4 is 13.8 Å². The van der Waals surface area contributed by atoms with Crippen LogP contribution in [0.5, 0.6) is 0 Å². The van der Waals surface area contributed by atoms with Crippen molar-refractivity contribution in [3.05, 3.63) is 172 Å². The summed E-state index contributed by atoms with van der Waals surface area (Å²) in [6.45, 7) is 6.51. The zero-order chi connectivity index (χ0) is 28.3. The molecule has 0 bridgehead atoms. The molecule has 0 amide bonds. The van der Waals surface area contributed by atoms with E-state index in [0.717, 1.165) is 16.8 Å². The van der Waals surface area contributed by atoms with Crippen molar-refractivity contribution in [3.8, 4) is 0 Å². The number of nitrogens with zero attached hydrogens (tertiary/aromatic N) is 1. The molecule has 3 aliphatic rings. The average Bonchev–Trinajstić information content (AvgIpc) is 3.78. The van der Waals surface area contributed by atoms with Crippen LogP contribution in [0.25, 0.3) is 5.32 Å². The van der Waals surface area contributed by atoms with Crippen molar-refractivity contribution < 1.29 is 40.8 Å². The van der Waals surface area contributed by atoms with Crippen LogP contribution < -0.4 is 0 Å². The van der Waals surface area contributed by atoms with E-state index in [1.54, 1.807) is 0 Å². The molecule has 6 heteroatoms. The largest absolute Gasteiger partial charge is 3.00 e. The Balaban J connectivity index is 0.000000352. The van der Waals surface area contributed by atoms with E-state index in [-0.39, 0.29) is 26.2 Å². The van der Waals surface area contributed by atoms with Crippen molar-refractivity contribution in [2.75, 3.05) is 0 Å². The molecule has 0 unspecified atom stereocenters. The molecule has 2 saturated carbocycles. The van der Waals surface area contributed by atoms with Gasteiger partial charge in [-0.05, 0) is 81.0 Å². The van der Waals surface area contributed by atoms with Crippen molar-refractivity contribution in [3.63, 3.8) is 0 Å². The maximum absolute atomic E-state index is 11.7. The maximum atomic E-state index is 11.7. The van der Waals surface area contributed by atoms with Crippen LogP contribution in [0.15, 0.2) is 91.0 Å². The predicted molar refractivity (Wildman–Crippen MR) is 165 cm³/mol. The smallest absolute Gasteiger partial charge is 0.678 e. The fraction of sp³-hybridized carbons (Fsp3) is 0.200. The van der Waals surface area contributed by atoms with Crippen molar-refractivity contribution in [2.24, 2.45) is 0 Å². The normalized spacial score (nSPS) is 21.9. The van der Waals surface area contributed by atoms with Crippen molar-refractivity contribution in [2.45, 2.75) is 43.5 Å². The van der Waals surface area contributed by atoms with E-state index in [1.807, 2.05) is 155 Å². The molecule has 3 aromatic carbocycles. The first-order valence-corrected chi connectivity index (χ1v) is 17.2. The van der Waals surface area contributed by atoms with Crippen LogP contribution in [-0.2, 0) is 35.7 Å². The number of aliphatic hydroxyl groups is 1. The van der Waals surface area contributed by atoms with E-state index < -0.39 is 31.9 Å². The standard InChI is InChI=1S/C25H28NO3Si.2C5H5.Zr/c1-30(2,3)24(26-21-17-11-6-12-18-21)25(27)28-22(19-13-7-4-8-14-19)23(29-25)20-15-9-5-10-16-20;2*1-2-4-5-3-1;/h4-18,22-24,27H,1-3H3;2*1-5H;/q-1;;;+3/t22-,23-,24-;;;/m1.../s1. The van der Waals surface area contributed by atoms with Crippen LogP contribution in [0.1, 0.15) is 23.3 Å². The second-order valence-electron chi connectivity index (χ2n) is 10.7. The first-order chi connectivity index (χ1) is 19.4. The second-order valence-corrected chi connectivity index (χ2v) is 16.0. The van der Waals surface area contributed by atoms with Gasteiger partial charge in [-0.3, -0.25) is 0 Å². The number of ether oxygens (including phenoxy) is 2. The Bertz CT molecular complexity index is 1030. The molecule has 3 aromatic rings. The topological polar surface area (TPSA) is 52.8 Å². The minimum absolute atomic E-state index is 0. The Morgan fingerprint density at radius 1 is 0.585 bits per heavy atom. The van der Waals surface area contributed by atoms with Gasteiger partial charge in [0.2, 0.25) is 0 Å². The number of hydrogen-bond donors (Lipinski definition) is 1. The molecule has 1 heterocycles. The van der Waals surface area contributed by atoms with E-state index in [4.69, 9.17) is 14.8 Å². The van der Waals surface area contributed by atoms with Gasteiger partial charge >= 0.3 is 26.2 Å². The van der Waals surface area contributed by atoms with Crippen LogP contribution in [0.3, 0.4) is 0 Å². The third-order valence-electron chi connectivity index (χ3n) is 6.43. The summed E-state index contributed by atoms with van der Waals surface area (Å²) in [5.74, 6) is -1.80.